The summed E-state index contributed by atoms with van der Waals surface area (Å²) in [7, 11) is 0. The van der Waals surface area contributed by atoms with E-state index >= 15 is 0 Å². The number of aromatic nitrogens is 2. The maximum Gasteiger partial charge on any atom is 0.414 e. The van der Waals surface area contributed by atoms with Crippen LogP contribution in [0.3, 0.4) is 0 Å². The number of carbonyl (C=O) groups excluding carboxylic acids is 1. The summed E-state index contributed by atoms with van der Waals surface area (Å²) in [6.07, 6.45) is 9.80. The maximum atomic E-state index is 12.6. The Morgan fingerprint density at radius 1 is 1.19 bits per heavy atom. The van der Waals surface area contributed by atoms with Gasteiger partial charge in [-0.3, -0.25) is 10.00 Å². The van der Waals surface area contributed by atoms with E-state index in [4.69, 9.17) is 9.84 Å². The van der Waals surface area contributed by atoms with Gasteiger partial charge in [-0.1, -0.05) is 31.4 Å². The van der Waals surface area contributed by atoms with Crippen LogP contribution in [0, 0.1) is 5.92 Å². The SMILES string of the molecule is O=C(OCC1CCCCC1)N(CCCO)c1ccc(-c2cn[nH]c2)cc1. The van der Waals surface area contributed by atoms with Crippen molar-refractivity contribution < 1.29 is 14.6 Å². The molecule has 0 radical (unpaired) electrons. The summed E-state index contributed by atoms with van der Waals surface area (Å²) in [5, 5.41) is 15.9. The van der Waals surface area contributed by atoms with E-state index in [1.165, 1.54) is 19.3 Å². The number of anilines is 1. The lowest BCUT2D eigenvalue weighted by Gasteiger charge is -2.25. The molecule has 1 aliphatic carbocycles. The Labute approximate surface area is 154 Å². The fourth-order valence-corrected chi connectivity index (χ4v) is 3.42. The standard InChI is InChI=1S/C20H27N3O3/c24-12-4-11-23(20(25)26-15-16-5-2-1-3-6-16)19-9-7-17(8-10-19)18-13-21-22-14-18/h7-10,13-14,16,24H,1-6,11-12,15H2,(H,21,22). The highest BCUT2D eigenvalue weighted by molar-refractivity contribution is 5.88. The zero-order valence-corrected chi connectivity index (χ0v) is 15.1. The molecular formula is C20H27N3O3. The Kier molecular flexibility index (Phi) is 6.66. The predicted molar refractivity (Wildman–Crippen MR) is 101 cm³/mol. The number of hydrogen-bond acceptors (Lipinski definition) is 4. The molecule has 1 aromatic carbocycles. The van der Waals surface area contributed by atoms with Crippen molar-refractivity contribution in [2.75, 3.05) is 24.7 Å². The predicted octanol–water partition coefficient (Wildman–Crippen LogP) is 3.98. The summed E-state index contributed by atoms with van der Waals surface area (Å²) in [6.45, 7) is 0.964. The van der Waals surface area contributed by atoms with Crippen molar-refractivity contribution in [2.24, 2.45) is 5.92 Å². The van der Waals surface area contributed by atoms with Crippen LogP contribution in [-0.4, -0.2) is 41.2 Å². The lowest BCUT2D eigenvalue weighted by molar-refractivity contribution is 0.121. The average molecular weight is 357 g/mol. The minimum Gasteiger partial charge on any atom is -0.449 e. The molecule has 1 saturated carbocycles. The first kappa shape index (κ1) is 18.5. The summed E-state index contributed by atoms with van der Waals surface area (Å²) < 4.78 is 5.59. The lowest BCUT2D eigenvalue weighted by Crippen LogP contribution is -2.34. The van der Waals surface area contributed by atoms with Gasteiger partial charge in [0.2, 0.25) is 0 Å². The van der Waals surface area contributed by atoms with Crippen molar-refractivity contribution in [1.29, 1.82) is 0 Å². The molecule has 0 bridgehead atoms. The molecule has 3 rings (SSSR count). The van der Waals surface area contributed by atoms with E-state index in [0.29, 0.717) is 25.5 Å². The molecule has 0 spiro atoms. The number of aromatic amines is 1. The van der Waals surface area contributed by atoms with Crippen LogP contribution in [-0.2, 0) is 4.74 Å². The summed E-state index contributed by atoms with van der Waals surface area (Å²) in [4.78, 5) is 14.2. The van der Waals surface area contributed by atoms with Crippen molar-refractivity contribution in [2.45, 2.75) is 38.5 Å². The molecule has 140 valence electrons. The smallest absolute Gasteiger partial charge is 0.414 e. The summed E-state index contributed by atoms with van der Waals surface area (Å²) >= 11 is 0. The second-order valence-electron chi connectivity index (χ2n) is 6.84. The molecule has 6 heteroatoms. The molecule has 0 atom stereocenters. The Morgan fingerprint density at radius 2 is 1.96 bits per heavy atom. The highest BCUT2D eigenvalue weighted by Crippen LogP contribution is 2.25. The molecule has 6 nitrogen and oxygen atoms in total. The number of amides is 1. The summed E-state index contributed by atoms with van der Waals surface area (Å²) in [6, 6.07) is 7.73. The van der Waals surface area contributed by atoms with E-state index < -0.39 is 0 Å². The number of aliphatic hydroxyl groups is 1. The number of carbonyl (C=O) groups is 1. The monoisotopic (exact) mass is 357 g/mol. The first-order chi connectivity index (χ1) is 12.8. The molecule has 26 heavy (non-hydrogen) atoms. The van der Waals surface area contributed by atoms with Crippen LogP contribution in [0.25, 0.3) is 11.1 Å². The third-order valence-corrected chi connectivity index (χ3v) is 4.94. The van der Waals surface area contributed by atoms with E-state index in [0.717, 1.165) is 29.7 Å². The Morgan fingerprint density at radius 3 is 2.62 bits per heavy atom. The number of aliphatic hydroxyl groups excluding tert-OH is 1. The quantitative estimate of drug-likeness (QED) is 0.785. The normalized spacial score (nSPS) is 15.0. The van der Waals surface area contributed by atoms with Gasteiger partial charge in [0.1, 0.15) is 0 Å². The number of rotatable bonds is 7. The van der Waals surface area contributed by atoms with Crippen LogP contribution in [0.1, 0.15) is 38.5 Å². The van der Waals surface area contributed by atoms with Crippen LogP contribution < -0.4 is 4.90 Å². The molecule has 1 heterocycles. The fourth-order valence-electron chi connectivity index (χ4n) is 3.42. The highest BCUT2D eigenvalue weighted by atomic mass is 16.6. The van der Waals surface area contributed by atoms with Gasteiger partial charge < -0.3 is 9.84 Å². The van der Waals surface area contributed by atoms with Gasteiger partial charge in [-0.25, -0.2) is 4.79 Å². The Bertz CT molecular complexity index is 664. The third kappa shape index (κ3) is 4.85. The van der Waals surface area contributed by atoms with Crippen LogP contribution in [0.2, 0.25) is 0 Å². The summed E-state index contributed by atoms with van der Waals surface area (Å²) in [5.74, 6) is 0.482. The number of hydrogen-bond donors (Lipinski definition) is 2. The molecular weight excluding hydrogens is 330 g/mol. The van der Waals surface area contributed by atoms with Crippen LogP contribution in [0.15, 0.2) is 36.7 Å². The molecule has 2 aromatic rings. The number of benzene rings is 1. The molecule has 1 aromatic heterocycles. The van der Waals surface area contributed by atoms with Gasteiger partial charge in [-0.15, -0.1) is 0 Å². The Hall–Kier alpha value is -2.34. The summed E-state index contributed by atoms with van der Waals surface area (Å²) in [5.41, 5.74) is 2.80. The van der Waals surface area contributed by atoms with Gasteiger partial charge in [0.15, 0.2) is 0 Å². The lowest BCUT2D eigenvalue weighted by atomic mass is 9.90. The van der Waals surface area contributed by atoms with Gasteiger partial charge in [0, 0.05) is 30.6 Å². The molecule has 1 fully saturated rings. The second-order valence-corrected chi connectivity index (χ2v) is 6.84. The van der Waals surface area contributed by atoms with E-state index in [2.05, 4.69) is 10.2 Å². The topological polar surface area (TPSA) is 78.4 Å². The number of nitrogens with zero attached hydrogens (tertiary/aromatic N) is 2. The minimum atomic E-state index is -0.333. The number of H-pyrrole nitrogens is 1. The first-order valence-electron chi connectivity index (χ1n) is 9.42. The van der Waals surface area contributed by atoms with Crippen molar-refractivity contribution in [3.8, 4) is 11.1 Å². The molecule has 0 unspecified atom stereocenters. The number of nitrogens with one attached hydrogen (secondary N) is 1. The van der Waals surface area contributed by atoms with Gasteiger partial charge in [-0.05, 0) is 42.9 Å². The average Bonchev–Trinajstić information content (AvgIpc) is 3.23. The van der Waals surface area contributed by atoms with Crippen molar-refractivity contribution in [3.05, 3.63) is 36.7 Å². The Balaban J connectivity index is 1.65. The van der Waals surface area contributed by atoms with Crippen LogP contribution >= 0.6 is 0 Å². The van der Waals surface area contributed by atoms with Crippen LogP contribution in [0.5, 0.6) is 0 Å². The first-order valence-corrected chi connectivity index (χ1v) is 9.42. The largest absolute Gasteiger partial charge is 0.449 e. The van der Waals surface area contributed by atoms with E-state index in [-0.39, 0.29) is 12.7 Å². The molecule has 0 saturated heterocycles. The van der Waals surface area contributed by atoms with E-state index in [9.17, 15) is 4.79 Å². The van der Waals surface area contributed by atoms with Gasteiger partial charge in [-0.2, -0.15) is 5.10 Å². The fraction of sp³-hybridized carbons (Fsp3) is 0.500. The zero-order chi connectivity index (χ0) is 18.2. The minimum absolute atomic E-state index is 0.0412. The van der Waals surface area contributed by atoms with E-state index in [1.807, 2.05) is 30.5 Å². The third-order valence-electron chi connectivity index (χ3n) is 4.94. The number of ether oxygens (including phenoxy) is 1. The molecule has 1 aliphatic rings. The van der Waals surface area contributed by atoms with Crippen molar-refractivity contribution in [3.63, 3.8) is 0 Å². The van der Waals surface area contributed by atoms with Crippen molar-refractivity contribution >= 4 is 11.8 Å². The second kappa shape index (κ2) is 9.38. The molecule has 1 amide bonds. The zero-order valence-electron chi connectivity index (χ0n) is 15.1. The molecule has 0 aliphatic heterocycles. The van der Waals surface area contributed by atoms with E-state index in [1.54, 1.807) is 11.1 Å². The van der Waals surface area contributed by atoms with Gasteiger partial charge >= 0.3 is 6.09 Å². The van der Waals surface area contributed by atoms with Gasteiger partial charge in [0.05, 0.1) is 12.8 Å². The highest BCUT2D eigenvalue weighted by Gasteiger charge is 2.20. The molecule has 2 N–H and O–H groups in total. The maximum absolute atomic E-state index is 12.6. The van der Waals surface area contributed by atoms with Gasteiger partial charge in [0.25, 0.3) is 0 Å². The van der Waals surface area contributed by atoms with Crippen molar-refractivity contribution in [1.82, 2.24) is 10.2 Å². The van der Waals surface area contributed by atoms with Crippen LogP contribution in [0.4, 0.5) is 10.5 Å².